The highest BCUT2D eigenvalue weighted by atomic mass is 32.1. The summed E-state index contributed by atoms with van der Waals surface area (Å²) >= 11 is 1.30. The average molecular weight is 321 g/mol. The molecule has 1 aromatic heterocycles. The fourth-order valence-electron chi connectivity index (χ4n) is 1.72. The highest BCUT2D eigenvalue weighted by Crippen LogP contribution is 2.18. The summed E-state index contributed by atoms with van der Waals surface area (Å²) in [6.07, 6.45) is -0.00708. The minimum atomic E-state index is -0.568. The molecule has 1 aromatic carbocycles. The lowest BCUT2D eigenvalue weighted by Gasteiger charge is -2.16. The van der Waals surface area contributed by atoms with Gasteiger partial charge in [-0.15, -0.1) is 10.2 Å². The first kappa shape index (κ1) is 16.4. The number of carbonyl (C=O) groups is 1. The predicted octanol–water partition coefficient (Wildman–Crippen LogP) is 2.87. The topological polar surface area (TPSA) is 73.3 Å². The maximum absolute atomic E-state index is 12.2. The molecule has 6 nitrogen and oxygen atoms in total. The Morgan fingerprint density at radius 1 is 1.27 bits per heavy atom. The van der Waals surface area contributed by atoms with E-state index in [-0.39, 0.29) is 5.91 Å². The Morgan fingerprint density at radius 2 is 2.05 bits per heavy atom. The molecule has 0 aliphatic heterocycles. The fraction of sp³-hybridized carbons (Fsp3) is 0.400. The van der Waals surface area contributed by atoms with Crippen molar-refractivity contribution in [1.29, 1.82) is 0 Å². The Bertz CT molecular complexity index is 589. The molecular formula is C15H19N3O3S. The molecule has 0 fully saturated rings. The molecule has 1 heterocycles. The van der Waals surface area contributed by atoms with Crippen LogP contribution in [0.3, 0.4) is 0 Å². The number of amides is 1. The van der Waals surface area contributed by atoms with Crippen LogP contribution in [0.2, 0.25) is 0 Å². The van der Waals surface area contributed by atoms with Gasteiger partial charge in [0.1, 0.15) is 17.4 Å². The molecule has 1 N–H and O–H groups in total. The number of ether oxygens (including phenoxy) is 2. The third-order valence-corrected chi connectivity index (χ3v) is 3.62. The second-order valence-electron chi connectivity index (χ2n) is 4.46. The number of anilines is 1. The van der Waals surface area contributed by atoms with Crippen molar-refractivity contribution >= 4 is 22.4 Å². The first-order valence-corrected chi connectivity index (χ1v) is 7.97. The number of hydrogen-bond acceptors (Lipinski definition) is 6. The molecule has 0 saturated carbocycles. The van der Waals surface area contributed by atoms with Crippen molar-refractivity contribution < 1.29 is 14.3 Å². The normalized spacial score (nSPS) is 11.9. The first-order chi connectivity index (χ1) is 10.7. The van der Waals surface area contributed by atoms with Gasteiger partial charge < -0.3 is 9.47 Å². The van der Waals surface area contributed by atoms with Crippen molar-refractivity contribution in [3.05, 3.63) is 35.3 Å². The van der Waals surface area contributed by atoms with E-state index in [4.69, 9.17) is 9.47 Å². The van der Waals surface area contributed by atoms with Crippen molar-refractivity contribution in [3.63, 3.8) is 0 Å². The van der Waals surface area contributed by atoms with E-state index in [9.17, 15) is 4.79 Å². The van der Waals surface area contributed by atoms with Gasteiger partial charge in [-0.25, -0.2) is 0 Å². The zero-order valence-electron chi connectivity index (χ0n) is 12.6. The number of hydrogen-bond donors (Lipinski definition) is 1. The quantitative estimate of drug-likeness (QED) is 0.809. The lowest BCUT2D eigenvalue weighted by Crippen LogP contribution is -2.32. The van der Waals surface area contributed by atoms with Gasteiger partial charge in [0.05, 0.1) is 0 Å². The van der Waals surface area contributed by atoms with Gasteiger partial charge in [-0.2, -0.15) is 0 Å². The van der Waals surface area contributed by atoms with Gasteiger partial charge in [-0.05, 0) is 25.5 Å². The Balaban J connectivity index is 1.93. The lowest BCUT2D eigenvalue weighted by molar-refractivity contribution is -0.122. The monoisotopic (exact) mass is 321 g/mol. The van der Waals surface area contributed by atoms with Crippen LogP contribution in [0.1, 0.15) is 25.3 Å². The summed E-state index contributed by atoms with van der Waals surface area (Å²) in [6, 6.07) is 9.27. The van der Waals surface area contributed by atoms with E-state index in [1.165, 1.54) is 11.3 Å². The second-order valence-corrected chi connectivity index (χ2v) is 5.52. The van der Waals surface area contributed by atoms with Crippen LogP contribution in [0.15, 0.2) is 30.3 Å². The number of aromatic nitrogens is 2. The number of benzene rings is 1. The van der Waals surface area contributed by atoms with Crippen molar-refractivity contribution in [1.82, 2.24) is 10.2 Å². The minimum absolute atomic E-state index is 0.231. The first-order valence-electron chi connectivity index (χ1n) is 7.15. The predicted molar refractivity (Wildman–Crippen MR) is 85.0 cm³/mol. The van der Waals surface area contributed by atoms with Crippen LogP contribution in [0.5, 0.6) is 5.75 Å². The van der Waals surface area contributed by atoms with Gasteiger partial charge in [-0.3, -0.25) is 10.1 Å². The van der Waals surface area contributed by atoms with E-state index >= 15 is 0 Å². The zero-order chi connectivity index (χ0) is 15.8. The van der Waals surface area contributed by atoms with Gasteiger partial charge in [0.2, 0.25) is 5.13 Å². The van der Waals surface area contributed by atoms with Crippen LogP contribution in [0.25, 0.3) is 0 Å². The molecule has 0 spiro atoms. The molecule has 22 heavy (non-hydrogen) atoms. The summed E-state index contributed by atoms with van der Waals surface area (Å²) < 4.78 is 10.9. The highest BCUT2D eigenvalue weighted by Gasteiger charge is 2.20. The SMILES string of the molecule is CCOCc1nnc(NC(=O)C(CC)Oc2ccccc2)s1. The van der Waals surface area contributed by atoms with Crippen molar-refractivity contribution in [2.75, 3.05) is 11.9 Å². The molecule has 1 atom stereocenters. The molecule has 0 bridgehead atoms. The maximum Gasteiger partial charge on any atom is 0.267 e. The van der Waals surface area contributed by atoms with Gasteiger partial charge in [0, 0.05) is 6.61 Å². The zero-order valence-corrected chi connectivity index (χ0v) is 13.4. The molecular weight excluding hydrogens is 302 g/mol. The van der Waals surface area contributed by atoms with Crippen molar-refractivity contribution in [2.45, 2.75) is 33.0 Å². The Kier molecular flexibility index (Phi) is 6.29. The molecule has 2 rings (SSSR count). The number of rotatable bonds is 8. The lowest BCUT2D eigenvalue weighted by atomic mass is 10.2. The Morgan fingerprint density at radius 3 is 2.73 bits per heavy atom. The summed E-state index contributed by atoms with van der Waals surface area (Å²) in [5.41, 5.74) is 0. The Labute approximate surface area is 133 Å². The molecule has 7 heteroatoms. The molecule has 118 valence electrons. The summed E-state index contributed by atoms with van der Waals surface area (Å²) in [6.45, 7) is 4.83. The number of nitrogens with one attached hydrogen (secondary N) is 1. The summed E-state index contributed by atoms with van der Waals surface area (Å²) in [5, 5.41) is 11.8. The fourth-order valence-corrected chi connectivity index (χ4v) is 2.40. The van der Waals surface area contributed by atoms with E-state index in [0.717, 1.165) is 5.01 Å². The van der Waals surface area contributed by atoms with E-state index in [1.54, 1.807) is 0 Å². The second kappa shape index (κ2) is 8.45. The molecule has 0 aliphatic rings. The van der Waals surface area contributed by atoms with E-state index in [1.807, 2.05) is 44.2 Å². The molecule has 1 unspecified atom stereocenters. The summed E-state index contributed by atoms with van der Waals surface area (Å²) in [5.74, 6) is 0.435. The average Bonchev–Trinajstić information content (AvgIpc) is 2.98. The molecule has 0 saturated heterocycles. The van der Waals surface area contributed by atoms with Crippen molar-refractivity contribution in [2.24, 2.45) is 0 Å². The highest BCUT2D eigenvalue weighted by molar-refractivity contribution is 7.15. The van der Waals surface area contributed by atoms with Crippen LogP contribution in [-0.4, -0.2) is 28.8 Å². The van der Waals surface area contributed by atoms with E-state index in [0.29, 0.717) is 30.5 Å². The summed E-state index contributed by atoms with van der Waals surface area (Å²) in [4.78, 5) is 12.2. The minimum Gasteiger partial charge on any atom is -0.481 e. The third kappa shape index (κ3) is 4.78. The Hall–Kier alpha value is -1.99. The number of nitrogens with zero attached hydrogens (tertiary/aromatic N) is 2. The van der Waals surface area contributed by atoms with Gasteiger partial charge >= 0.3 is 0 Å². The number of para-hydroxylation sites is 1. The van der Waals surface area contributed by atoms with Gasteiger partial charge in [-0.1, -0.05) is 36.5 Å². The molecule has 2 aromatic rings. The van der Waals surface area contributed by atoms with Crippen LogP contribution >= 0.6 is 11.3 Å². The van der Waals surface area contributed by atoms with Crippen LogP contribution in [0.4, 0.5) is 5.13 Å². The van der Waals surface area contributed by atoms with Crippen LogP contribution in [0, 0.1) is 0 Å². The smallest absolute Gasteiger partial charge is 0.267 e. The van der Waals surface area contributed by atoms with Crippen LogP contribution < -0.4 is 10.1 Å². The van der Waals surface area contributed by atoms with Crippen LogP contribution in [-0.2, 0) is 16.1 Å². The largest absolute Gasteiger partial charge is 0.481 e. The summed E-state index contributed by atoms with van der Waals surface area (Å²) in [7, 11) is 0. The van der Waals surface area contributed by atoms with E-state index < -0.39 is 6.10 Å². The van der Waals surface area contributed by atoms with Gasteiger partial charge in [0.15, 0.2) is 6.10 Å². The standard InChI is InChI=1S/C15H19N3O3S/c1-3-12(21-11-8-6-5-7-9-11)14(19)16-15-18-17-13(22-15)10-20-4-2/h5-9,12H,3-4,10H2,1-2H3,(H,16,18,19). The number of carbonyl (C=O) groups excluding carboxylic acids is 1. The van der Waals surface area contributed by atoms with E-state index in [2.05, 4.69) is 15.5 Å². The molecule has 1 amide bonds. The molecule has 0 aliphatic carbocycles. The molecule has 0 radical (unpaired) electrons. The third-order valence-electron chi connectivity index (χ3n) is 2.81. The maximum atomic E-state index is 12.2. The van der Waals surface area contributed by atoms with Crippen molar-refractivity contribution in [3.8, 4) is 5.75 Å². The van der Waals surface area contributed by atoms with Gasteiger partial charge in [0.25, 0.3) is 5.91 Å².